The molecule has 3 rings (SSSR count). The first-order chi connectivity index (χ1) is 9.09. The average molecular weight is 265 g/mol. The summed E-state index contributed by atoms with van der Waals surface area (Å²) in [6.07, 6.45) is 3.58. The van der Waals surface area contributed by atoms with Crippen LogP contribution in [0.25, 0.3) is 0 Å². The van der Waals surface area contributed by atoms with Gasteiger partial charge in [-0.1, -0.05) is 12.8 Å². The van der Waals surface area contributed by atoms with Gasteiger partial charge in [0.15, 0.2) is 0 Å². The standard InChI is InChI=1S/C13H15NO5/c15-10-6-5-9(13(18)19-10)14-11(16)7-3-1-2-4-8(7)12(14)17/h7-9H,1-6H2/t7-,8-,9+/m0/s1. The molecule has 6 heteroatoms. The van der Waals surface area contributed by atoms with Crippen molar-refractivity contribution < 1.29 is 23.9 Å². The highest BCUT2D eigenvalue weighted by Gasteiger charge is 2.53. The Morgan fingerprint density at radius 1 is 0.895 bits per heavy atom. The number of likely N-dealkylation sites (tertiary alicyclic amines) is 1. The van der Waals surface area contributed by atoms with Crippen LogP contribution in [0.4, 0.5) is 0 Å². The van der Waals surface area contributed by atoms with Gasteiger partial charge in [0.05, 0.1) is 11.8 Å². The van der Waals surface area contributed by atoms with Crippen molar-refractivity contribution in [1.82, 2.24) is 4.90 Å². The Labute approximate surface area is 110 Å². The van der Waals surface area contributed by atoms with Crippen LogP contribution < -0.4 is 0 Å². The molecule has 0 aromatic heterocycles. The number of esters is 2. The Morgan fingerprint density at radius 3 is 2.00 bits per heavy atom. The zero-order valence-corrected chi connectivity index (χ0v) is 10.5. The van der Waals surface area contributed by atoms with E-state index in [0.29, 0.717) is 12.8 Å². The van der Waals surface area contributed by atoms with Crippen LogP contribution in [0.3, 0.4) is 0 Å². The van der Waals surface area contributed by atoms with E-state index >= 15 is 0 Å². The van der Waals surface area contributed by atoms with Gasteiger partial charge in [-0.2, -0.15) is 0 Å². The van der Waals surface area contributed by atoms with Crippen molar-refractivity contribution >= 4 is 23.8 Å². The van der Waals surface area contributed by atoms with Gasteiger partial charge in [-0.05, 0) is 19.3 Å². The molecule has 3 atom stereocenters. The van der Waals surface area contributed by atoms with Crippen molar-refractivity contribution in [2.24, 2.45) is 11.8 Å². The molecule has 0 aromatic carbocycles. The quantitative estimate of drug-likeness (QED) is 0.389. The maximum atomic E-state index is 12.3. The molecule has 3 fully saturated rings. The minimum Gasteiger partial charge on any atom is -0.392 e. The van der Waals surface area contributed by atoms with E-state index in [1.807, 2.05) is 0 Å². The van der Waals surface area contributed by atoms with Crippen LogP contribution in [0.2, 0.25) is 0 Å². The van der Waals surface area contributed by atoms with Crippen LogP contribution in [0.15, 0.2) is 0 Å². The van der Waals surface area contributed by atoms with E-state index in [1.165, 1.54) is 0 Å². The van der Waals surface area contributed by atoms with Crippen molar-refractivity contribution in [2.45, 2.75) is 44.6 Å². The van der Waals surface area contributed by atoms with Crippen molar-refractivity contribution in [3.8, 4) is 0 Å². The Kier molecular flexibility index (Phi) is 2.88. The number of nitrogens with zero attached hydrogens (tertiary/aromatic N) is 1. The van der Waals surface area contributed by atoms with Gasteiger partial charge in [0, 0.05) is 6.42 Å². The molecule has 0 spiro atoms. The summed E-state index contributed by atoms with van der Waals surface area (Å²) in [7, 11) is 0. The lowest BCUT2D eigenvalue weighted by Gasteiger charge is -2.27. The number of imide groups is 1. The molecule has 1 saturated carbocycles. The summed E-state index contributed by atoms with van der Waals surface area (Å²) in [6.45, 7) is 0. The monoisotopic (exact) mass is 265 g/mol. The highest BCUT2D eigenvalue weighted by Crippen LogP contribution is 2.39. The number of amides is 2. The zero-order chi connectivity index (χ0) is 13.6. The summed E-state index contributed by atoms with van der Waals surface area (Å²) >= 11 is 0. The zero-order valence-electron chi connectivity index (χ0n) is 10.5. The number of cyclic esters (lactones) is 2. The first-order valence-corrected chi connectivity index (χ1v) is 6.71. The summed E-state index contributed by atoms with van der Waals surface area (Å²) in [5.41, 5.74) is 0. The highest BCUT2D eigenvalue weighted by molar-refractivity contribution is 6.08. The Morgan fingerprint density at radius 2 is 1.47 bits per heavy atom. The van der Waals surface area contributed by atoms with Crippen LogP contribution in [0.1, 0.15) is 38.5 Å². The maximum absolute atomic E-state index is 12.3. The van der Waals surface area contributed by atoms with Crippen LogP contribution in [0.5, 0.6) is 0 Å². The topological polar surface area (TPSA) is 80.8 Å². The van der Waals surface area contributed by atoms with Crippen LogP contribution in [-0.4, -0.2) is 34.7 Å². The lowest BCUT2D eigenvalue weighted by atomic mass is 9.81. The molecule has 0 N–H and O–H groups in total. The minimum atomic E-state index is -0.900. The number of ether oxygens (including phenoxy) is 1. The van der Waals surface area contributed by atoms with Gasteiger partial charge < -0.3 is 4.74 Å². The molecule has 0 radical (unpaired) electrons. The van der Waals surface area contributed by atoms with E-state index < -0.39 is 18.0 Å². The summed E-state index contributed by atoms with van der Waals surface area (Å²) in [5.74, 6) is -2.41. The molecular formula is C13H15NO5. The highest BCUT2D eigenvalue weighted by atomic mass is 16.6. The second-order valence-electron chi connectivity index (χ2n) is 5.39. The molecule has 2 heterocycles. The minimum absolute atomic E-state index is 0.0722. The molecule has 2 amide bonds. The first-order valence-electron chi connectivity index (χ1n) is 6.71. The molecule has 2 saturated heterocycles. The van der Waals surface area contributed by atoms with Gasteiger partial charge in [-0.15, -0.1) is 0 Å². The van der Waals surface area contributed by atoms with E-state index in [1.54, 1.807) is 0 Å². The molecule has 0 aromatic rings. The fourth-order valence-corrected chi connectivity index (χ4v) is 3.33. The van der Waals surface area contributed by atoms with Crippen LogP contribution in [0, 0.1) is 11.8 Å². The van der Waals surface area contributed by atoms with Crippen LogP contribution in [-0.2, 0) is 23.9 Å². The predicted molar refractivity (Wildman–Crippen MR) is 61.4 cm³/mol. The lowest BCUT2D eigenvalue weighted by molar-refractivity contribution is -0.172. The number of carbonyl (C=O) groups excluding carboxylic acids is 4. The van der Waals surface area contributed by atoms with Gasteiger partial charge in [0.25, 0.3) is 0 Å². The van der Waals surface area contributed by atoms with E-state index in [4.69, 9.17) is 0 Å². The Balaban J connectivity index is 1.84. The molecular weight excluding hydrogens is 250 g/mol. The van der Waals surface area contributed by atoms with Gasteiger partial charge in [0.1, 0.15) is 6.04 Å². The Bertz CT molecular complexity index is 448. The summed E-state index contributed by atoms with van der Waals surface area (Å²) in [5, 5.41) is 0. The molecule has 6 nitrogen and oxygen atoms in total. The van der Waals surface area contributed by atoms with Gasteiger partial charge >= 0.3 is 11.9 Å². The average Bonchev–Trinajstić information content (AvgIpc) is 2.64. The third kappa shape index (κ3) is 1.86. The SMILES string of the molecule is O=C1CC[C@@H](N2C(=O)[C@H]3CCCC[C@@H]3C2=O)C(=O)O1. The number of carbonyl (C=O) groups is 4. The third-order valence-electron chi connectivity index (χ3n) is 4.30. The van der Waals surface area contributed by atoms with Gasteiger partial charge in [0.2, 0.25) is 11.8 Å². The lowest BCUT2D eigenvalue weighted by Crippen LogP contribution is -2.49. The fraction of sp³-hybridized carbons (Fsp3) is 0.692. The van der Waals surface area contributed by atoms with Crippen molar-refractivity contribution in [2.75, 3.05) is 0 Å². The molecule has 1 aliphatic carbocycles. The second kappa shape index (κ2) is 4.43. The first kappa shape index (κ1) is 12.3. The molecule has 0 unspecified atom stereocenters. The largest absolute Gasteiger partial charge is 0.392 e. The molecule has 102 valence electrons. The Hall–Kier alpha value is -1.72. The molecule has 2 aliphatic heterocycles. The maximum Gasteiger partial charge on any atom is 0.337 e. The number of hydrogen-bond acceptors (Lipinski definition) is 5. The fourth-order valence-electron chi connectivity index (χ4n) is 3.33. The van der Waals surface area contributed by atoms with E-state index in [9.17, 15) is 19.2 Å². The second-order valence-corrected chi connectivity index (χ2v) is 5.39. The molecule has 3 aliphatic rings. The number of fused-ring (bicyclic) bond motifs is 1. The van der Waals surface area contributed by atoms with Gasteiger partial charge in [-0.3, -0.25) is 19.3 Å². The van der Waals surface area contributed by atoms with Crippen molar-refractivity contribution in [3.05, 3.63) is 0 Å². The van der Waals surface area contributed by atoms with Gasteiger partial charge in [-0.25, -0.2) is 4.79 Å². The van der Waals surface area contributed by atoms with E-state index in [0.717, 1.165) is 17.7 Å². The van der Waals surface area contributed by atoms with E-state index in [-0.39, 0.29) is 36.5 Å². The number of hydrogen-bond donors (Lipinski definition) is 0. The third-order valence-corrected chi connectivity index (χ3v) is 4.30. The molecule has 0 bridgehead atoms. The molecule has 19 heavy (non-hydrogen) atoms. The summed E-state index contributed by atoms with van der Waals surface area (Å²) < 4.78 is 4.54. The van der Waals surface area contributed by atoms with Crippen molar-refractivity contribution in [3.63, 3.8) is 0 Å². The van der Waals surface area contributed by atoms with Crippen LogP contribution >= 0.6 is 0 Å². The summed E-state index contributed by atoms with van der Waals surface area (Å²) in [6, 6.07) is -0.900. The number of rotatable bonds is 1. The predicted octanol–water partition coefficient (Wildman–Crippen LogP) is 0.394. The van der Waals surface area contributed by atoms with E-state index in [2.05, 4.69) is 4.74 Å². The smallest absolute Gasteiger partial charge is 0.337 e. The summed E-state index contributed by atoms with van der Waals surface area (Å²) in [4.78, 5) is 48.4. The normalized spacial score (nSPS) is 35.4. The van der Waals surface area contributed by atoms with Crippen molar-refractivity contribution in [1.29, 1.82) is 0 Å².